The van der Waals surface area contributed by atoms with Crippen molar-refractivity contribution in [2.45, 2.75) is 38.1 Å². The van der Waals surface area contributed by atoms with Crippen LogP contribution >= 0.6 is 0 Å². The zero-order chi connectivity index (χ0) is 7.61. The minimum atomic E-state index is -0.252. The van der Waals surface area contributed by atoms with Gasteiger partial charge in [0.25, 0.3) is 0 Å². The summed E-state index contributed by atoms with van der Waals surface area (Å²) in [6, 6.07) is 0. The van der Waals surface area contributed by atoms with Crippen molar-refractivity contribution in [2.75, 3.05) is 6.61 Å². The molecule has 1 saturated carbocycles. The normalized spacial score (nSPS) is 41.7. The molecular formula is C8H17NO. The van der Waals surface area contributed by atoms with Crippen LogP contribution in [0.2, 0.25) is 0 Å². The van der Waals surface area contributed by atoms with E-state index in [4.69, 9.17) is 10.8 Å². The van der Waals surface area contributed by atoms with E-state index < -0.39 is 0 Å². The first-order valence-electron chi connectivity index (χ1n) is 4.06. The van der Waals surface area contributed by atoms with Gasteiger partial charge in [-0.1, -0.05) is 19.8 Å². The van der Waals surface area contributed by atoms with Crippen LogP contribution in [-0.2, 0) is 0 Å². The average Bonchev–Trinajstić information content (AvgIpc) is 1.88. The van der Waals surface area contributed by atoms with Gasteiger partial charge in [-0.3, -0.25) is 0 Å². The monoisotopic (exact) mass is 143 g/mol. The summed E-state index contributed by atoms with van der Waals surface area (Å²) in [7, 11) is 0. The summed E-state index contributed by atoms with van der Waals surface area (Å²) in [5.74, 6) is 0.700. The summed E-state index contributed by atoms with van der Waals surface area (Å²) in [6.07, 6.45) is 4.44. The van der Waals surface area contributed by atoms with Crippen molar-refractivity contribution in [3.05, 3.63) is 0 Å². The van der Waals surface area contributed by atoms with Crippen LogP contribution in [0.5, 0.6) is 0 Å². The lowest BCUT2D eigenvalue weighted by Crippen LogP contribution is -2.47. The van der Waals surface area contributed by atoms with Gasteiger partial charge in [0.2, 0.25) is 0 Å². The number of hydrogen-bond acceptors (Lipinski definition) is 2. The first kappa shape index (κ1) is 8.02. The Labute approximate surface area is 62.4 Å². The van der Waals surface area contributed by atoms with Gasteiger partial charge in [-0.25, -0.2) is 0 Å². The van der Waals surface area contributed by atoms with Crippen LogP contribution in [0.4, 0.5) is 0 Å². The van der Waals surface area contributed by atoms with Gasteiger partial charge < -0.3 is 10.8 Å². The van der Waals surface area contributed by atoms with E-state index in [2.05, 4.69) is 6.92 Å². The minimum absolute atomic E-state index is 0.150. The predicted molar refractivity (Wildman–Crippen MR) is 41.6 cm³/mol. The molecule has 0 amide bonds. The molecule has 0 radical (unpaired) electrons. The third-order valence-electron chi connectivity index (χ3n) is 2.44. The van der Waals surface area contributed by atoms with Crippen LogP contribution in [0.3, 0.4) is 0 Å². The van der Waals surface area contributed by atoms with Crippen molar-refractivity contribution in [3.63, 3.8) is 0 Å². The molecule has 0 heterocycles. The van der Waals surface area contributed by atoms with Gasteiger partial charge in [0.1, 0.15) is 0 Å². The quantitative estimate of drug-likeness (QED) is 0.572. The molecule has 0 saturated heterocycles. The number of aliphatic hydroxyl groups excluding tert-OH is 1. The second-order valence-corrected chi connectivity index (χ2v) is 3.72. The number of rotatable bonds is 1. The molecular weight excluding hydrogens is 126 g/mol. The van der Waals surface area contributed by atoms with E-state index in [-0.39, 0.29) is 12.1 Å². The highest BCUT2D eigenvalue weighted by Crippen LogP contribution is 2.29. The van der Waals surface area contributed by atoms with Crippen molar-refractivity contribution in [1.82, 2.24) is 0 Å². The Morgan fingerprint density at radius 2 is 2.40 bits per heavy atom. The van der Waals surface area contributed by atoms with Crippen LogP contribution in [0.1, 0.15) is 32.6 Å². The molecule has 1 aliphatic rings. The zero-order valence-electron chi connectivity index (χ0n) is 6.64. The van der Waals surface area contributed by atoms with Crippen LogP contribution in [0.15, 0.2) is 0 Å². The molecule has 2 atom stereocenters. The largest absolute Gasteiger partial charge is 0.394 e. The molecule has 0 aromatic carbocycles. The van der Waals surface area contributed by atoms with E-state index in [1.165, 1.54) is 12.8 Å². The highest BCUT2D eigenvalue weighted by Gasteiger charge is 2.29. The van der Waals surface area contributed by atoms with Gasteiger partial charge in [-0.2, -0.15) is 0 Å². The zero-order valence-corrected chi connectivity index (χ0v) is 6.64. The van der Waals surface area contributed by atoms with Gasteiger partial charge in [-0.05, 0) is 18.8 Å². The van der Waals surface area contributed by atoms with Crippen molar-refractivity contribution < 1.29 is 5.11 Å². The highest BCUT2D eigenvalue weighted by atomic mass is 16.3. The molecule has 0 unspecified atom stereocenters. The second kappa shape index (κ2) is 2.89. The van der Waals surface area contributed by atoms with Crippen molar-refractivity contribution >= 4 is 0 Å². The predicted octanol–water partition coefficient (Wildman–Crippen LogP) is 0.886. The third kappa shape index (κ3) is 1.70. The smallest absolute Gasteiger partial charge is 0.0611 e. The van der Waals surface area contributed by atoms with Crippen LogP contribution in [-0.4, -0.2) is 17.3 Å². The Hall–Kier alpha value is -0.0800. The maximum Gasteiger partial charge on any atom is 0.0611 e. The summed E-state index contributed by atoms with van der Waals surface area (Å²) >= 11 is 0. The first-order valence-corrected chi connectivity index (χ1v) is 4.06. The second-order valence-electron chi connectivity index (χ2n) is 3.72. The van der Waals surface area contributed by atoms with Gasteiger partial charge in [0.05, 0.1) is 6.61 Å². The van der Waals surface area contributed by atoms with E-state index in [0.29, 0.717) is 5.92 Å². The molecule has 1 rings (SSSR count). The Balaban J connectivity index is 2.45. The molecule has 60 valence electrons. The summed E-state index contributed by atoms with van der Waals surface area (Å²) < 4.78 is 0. The Bertz CT molecular complexity index is 116. The van der Waals surface area contributed by atoms with Crippen molar-refractivity contribution in [3.8, 4) is 0 Å². The summed E-state index contributed by atoms with van der Waals surface area (Å²) in [6.45, 7) is 2.35. The van der Waals surface area contributed by atoms with Crippen molar-refractivity contribution in [1.29, 1.82) is 0 Å². The lowest BCUT2D eigenvalue weighted by atomic mass is 9.78. The fraction of sp³-hybridized carbons (Fsp3) is 1.00. The van der Waals surface area contributed by atoms with Crippen LogP contribution in [0.25, 0.3) is 0 Å². The number of hydrogen-bond donors (Lipinski definition) is 2. The fourth-order valence-corrected chi connectivity index (χ4v) is 1.84. The molecule has 0 aromatic rings. The molecule has 0 aromatic heterocycles. The lowest BCUT2D eigenvalue weighted by Gasteiger charge is -2.34. The van der Waals surface area contributed by atoms with Gasteiger partial charge in [-0.15, -0.1) is 0 Å². The third-order valence-corrected chi connectivity index (χ3v) is 2.44. The number of nitrogens with two attached hydrogens (primary N) is 1. The Morgan fingerprint density at radius 1 is 1.70 bits per heavy atom. The molecule has 0 aliphatic heterocycles. The molecule has 10 heavy (non-hydrogen) atoms. The molecule has 1 fully saturated rings. The standard InChI is InChI=1S/C8H17NO/c1-7-3-2-4-8(9,5-7)6-10/h7,10H,2-6,9H2,1H3/t7-,8+/m0/s1. The number of aliphatic hydroxyl groups is 1. The average molecular weight is 143 g/mol. The highest BCUT2D eigenvalue weighted by molar-refractivity contribution is 4.88. The van der Waals surface area contributed by atoms with E-state index in [9.17, 15) is 0 Å². The summed E-state index contributed by atoms with van der Waals surface area (Å²) in [4.78, 5) is 0. The fourth-order valence-electron chi connectivity index (χ4n) is 1.84. The van der Waals surface area contributed by atoms with E-state index in [1.807, 2.05) is 0 Å². The van der Waals surface area contributed by atoms with Gasteiger partial charge in [0, 0.05) is 5.54 Å². The van der Waals surface area contributed by atoms with E-state index >= 15 is 0 Å². The Morgan fingerprint density at radius 3 is 2.80 bits per heavy atom. The molecule has 2 heteroatoms. The minimum Gasteiger partial charge on any atom is -0.394 e. The summed E-state index contributed by atoms with van der Waals surface area (Å²) in [5, 5.41) is 8.94. The molecule has 0 spiro atoms. The first-order chi connectivity index (χ1) is 4.66. The Kier molecular flexibility index (Phi) is 2.32. The van der Waals surface area contributed by atoms with Crippen LogP contribution in [0, 0.1) is 5.92 Å². The molecule has 3 N–H and O–H groups in total. The maximum atomic E-state index is 8.94. The van der Waals surface area contributed by atoms with E-state index in [0.717, 1.165) is 12.8 Å². The van der Waals surface area contributed by atoms with E-state index in [1.54, 1.807) is 0 Å². The molecule has 2 nitrogen and oxygen atoms in total. The van der Waals surface area contributed by atoms with Crippen LogP contribution < -0.4 is 5.73 Å². The topological polar surface area (TPSA) is 46.2 Å². The summed E-state index contributed by atoms with van der Waals surface area (Å²) in [5.41, 5.74) is 5.65. The lowest BCUT2D eigenvalue weighted by molar-refractivity contribution is 0.134. The van der Waals surface area contributed by atoms with Crippen molar-refractivity contribution in [2.24, 2.45) is 11.7 Å². The van der Waals surface area contributed by atoms with Gasteiger partial charge >= 0.3 is 0 Å². The maximum absolute atomic E-state index is 8.94. The van der Waals surface area contributed by atoms with Gasteiger partial charge in [0.15, 0.2) is 0 Å². The molecule has 0 bridgehead atoms. The SMILES string of the molecule is C[C@H]1CCC[C@](N)(CO)C1. The molecule has 1 aliphatic carbocycles.